The predicted octanol–water partition coefficient (Wildman–Crippen LogP) is 1.33. The SMILES string of the molecule is COc1ncc(CNc2nc(N3CC4CN4C3)ncc2C(=O)NCc2ncccn2)cc1Cl. The highest BCUT2D eigenvalue weighted by atomic mass is 35.5. The molecule has 0 aromatic carbocycles. The van der Waals surface area contributed by atoms with E-state index in [9.17, 15) is 4.79 Å². The zero-order valence-corrected chi connectivity index (χ0v) is 18.7. The van der Waals surface area contributed by atoms with E-state index >= 15 is 0 Å². The van der Waals surface area contributed by atoms with Gasteiger partial charge in [-0.1, -0.05) is 11.6 Å². The lowest BCUT2D eigenvalue weighted by Crippen LogP contribution is -2.29. The van der Waals surface area contributed by atoms with Gasteiger partial charge in [-0.2, -0.15) is 4.98 Å². The van der Waals surface area contributed by atoms with Crippen LogP contribution in [0.3, 0.4) is 0 Å². The van der Waals surface area contributed by atoms with Crippen molar-refractivity contribution in [2.24, 2.45) is 0 Å². The second-order valence-corrected chi connectivity index (χ2v) is 8.16. The summed E-state index contributed by atoms with van der Waals surface area (Å²) in [5, 5.41) is 6.47. The highest BCUT2D eigenvalue weighted by molar-refractivity contribution is 6.31. The van der Waals surface area contributed by atoms with E-state index in [1.165, 1.54) is 7.11 Å². The Morgan fingerprint density at radius 3 is 2.76 bits per heavy atom. The number of hydrogen-bond donors (Lipinski definition) is 2. The summed E-state index contributed by atoms with van der Waals surface area (Å²) >= 11 is 6.19. The van der Waals surface area contributed by atoms with Gasteiger partial charge in [0.05, 0.1) is 20.3 Å². The Kier molecular flexibility index (Phi) is 5.88. The van der Waals surface area contributed by atoms with Gasteiger partial charge in [-0.15, -0.1) is 0 Å². The van der Waals surface area contributed by atoms with Gasteiger partial charge >= 0.3 is 0 Å². The molecule has 5 rings (SSSR count). The number of aromatic nitrogens is 5. The maximum absolute atomic E-state index is 12.9. The van der Waals surface area contributed by atoms with Crippen LogP contribution in [0.25, 0.3) is 0 Å². The van der Waals surface area contributed by atoms with Crippen molar-refractivity contribution < 1.29 is 9.53 Å². The Hall–Kier alpha value is -3.57. The fourth-order valence-electron chi connectivity index (χ4n) is 3.65. The van der Waals surface area contributed by atoms with E-state index in [1.807, 2.05) is 0 Å². The molecule has 3 aromatic heterocycles. The Morgan fingerprint density at radius 1 is 1.18 bits per heavy atom. The second kappa shape index (κ2) is 9.12. The lowest BCUT2D eigenvalue weighted by molar-refractivity contribution is 0.0950. The Bertz CT molecular complexity index is 1150. The molecule has 0 spiro atoms. The molecule has 12 heteroatoms. The number of anilines is 2. The van der Waals surface area contributed by atoms with Gasteiger partial charge in [-0.05, 0) is 17.7 Å². The third-order valence-electron chi connectivity index (χ3n) is 5.46. The number of carbonyl (C=O) groups excluding carboxylic acids is 1. The third-order valence-corrected chi connectivity index (χ3v) is 5.73. The first-order chi connectivity index (χ1) is 16.1. The van der Waals surface area contributed by atoms with Gasteiger partial charge in [-0.3, -0.25) is 9.69 Å². The van der Waals surface area contributed by atoms with E-state index in [4.69, 9.17) is 16.3 Å². The van der Waals surface area contributed by atoms with Crippen molar-refractivity contribution in [1.82, 2.24) is 35.1 Å². The minimum atomic E-state index is -0.324. The zero-order chi connectivity index (χ0) is 22.8. The van der Waals surface area contributed by atoms with Gasteiger partial charge in [0.15, 0.2) is 0 Å². The molecule has 2 fully saturated rings. The molecule has 2 unspecified atom stereocenters. The molecule has 0 aliphatic carbocycles. The molecule has 2 atom stereocenters. The molecule has 33 heavy (non-hydrogen) atoms. The van der Waals surface area contributed by atoms with E-state index in [-0.39, 0.29) is 12.5 Å². The lowest BCUT2D eigenvalue weighted by atomic mass is 10.2. The quantitative estimate of drug-likeness (QED) is 0.469. The van der Waals surface area contributed by atoms with E-state index in [0.717, 1.165) is 25.3 Å². The molecule has 3 aromatic rings. The minimum Gasteiger partial charge on any atom is -0.480 e. The second-order valence-electron chi connectivity index (χ2n) is 7.76. The van der Waals surface area contributed by atoms with E-state index in [2.05, 4.69) is 45.4 Å². The normalized spacial score (nSPS) is 18.5. The summed E-state index contributed by atoms with van der Waals surface area (Å²) < 4.78 is 5.10. The molecule has 0 bridgehead atoms. The van der Waals surface area contributed by atoms with Gasteiger partial charge in [0, 0.05) is 50.5 Å². The molecule has 2 saturated heterocycles. The topological polar surface area (TPSA) is 121 Å². The molecular formula is C21H22ClN9O2. The van der Waals surface area contributed by atoms with Crippen molar-refractivity contribution in [3.05, 3.63) is 58.9 Å². The van der Waals surface area contributed by atoms with Gasteiger partial charge in [-0.25, -0.2) is 19.9 Å². The Labute approximate surface area is 195 Å². The van der Waals surface area contributed by atoms with Gasteiger partial charge in [0.25, 0.3) is 5.91 Å². The number of nitrogens with one attached hydrogen (secondary N) is 2. The number of ether oxygens (including phenoxy) is 1. The number of nitrogens with zero attached hydrogens (tertiary/aromatic N) is 7. The summed E-state index contributed by atoms with van der Waals surface area (Å²) in [7, 11) is 1.51. The first-order valence-corrected chi connectivity index (χ1v) is 10.8. The van der Waals surface area contributed by atoms with Crippen molar-refractivity contribution in [3.8, 4) is 5.88 Å². The summed E-state index contributed by atoms with van der Waals surface area (Å²) in [6.07, 6.45) is 6.46. The Balaban J connectivity index is 1.35. The molecule has 1 amide bonds. The van der Waals surface area contributed by atoms with Gasteiger partial charge in [0.1, 0.15) is 22.2 Å². The summed E-state index contributed by atoms with van der Waals surface area (Å²) in [6, 6.07) is 4.06. The summed E-state index contributed by atoms with van der Waals surface area (Å²) in [4.78, 5) is 38.9. The van der Waals surface area contributed by atoms with Crippen molar-refractivity contribution in [2.75, 3.05) is 37.1 Å². The van der Waals surface area contributed by atoms with Crippen LogP contribution in [0, 0.1) is 0 Å². The number of methoxy groups -OCH3 is 1. The molecule has 11 nitrogen and oxygen atoms in total. The van der Waals surface area contributed by atoms with Crippen LogP contribution < -0.4 is 20.3 Å². The maximum Gasteiger partial charge on any atom is 0.256 e. The first-order valence-electron chi connectivity index (χ1n) is 10.4. The van der Waals surface area contributed by atoms with E-state index < -0.39 is 0 Å². The van der Waals surface area contributed by atoms with Gasteiger partial charge in [0.2, 0.25) is 11.8 Å². The van der Waals surface area contributed by atoms with Crippen molar-refractivity contribution in [3.63, 3.8) is 0 Å². The largest absolute Gasteiger partial charge is 0.480 e. The molecule has 2 aliphatic heterocycles. The fraction of sp³-hybridized carbons (Fsp3) is 0.333. The third kappa shape index (κ3) is 4.78. The standard InChI is InChI=1S/C21H22ClN9O2/c1-33-20-16(22)5-13(7-27-20)6-25-18-15(19(32)26-9-17-23-3-2-4-24-17)8-28-21(29-18)31-11-14-10-30(14)12-31/h2-5,7-8,14H,6,9-12H2,1H3,(H,26,32)(H,25,28,29). The number of hydrogen-bond acceptors (Lipinski definition) is 10. The fourth-order valence-corrected chi connectivity index (χ4v) is 3.91. The van der Waals surface area contributed by atoms with Crippen LogP contribution in [0.1, 0.15) is 21.7 Å². The van der Waals surface area contributed by atoms with Crippen LogP contribution in [-0.2, 0) is 13.1 Å². The number of rotatable bonds is 8. The predicted molar refractivity (Wildman–Crippen MR) is 121 cm³/mol. The summed E-state index contributed by atoms with van der Waals surface area (Å²) in [5.41, 5.74) is 1.14. The molecule has 0 radical (unpaired) electrons. The smallest absolute Gasteiger partial charge is 0.256 e. The molecule has 0 saturated carbocycles. The minimum absolute atomic E-state index is 0.196. The maximum atomic E-state index is 12.9. The monoisotopic (exact) mass is 467 g/mol. The average Bonchev–Trinajstić information content (AvgIpc) is 3.46. The highest BCUT2D eigenvalue weighted by Gasteiger charge is 2.43. The van der Waals surface area contributed by atoms with Crippen molar-refractivity contribution in [2.45, 2.75) is 19.1 Å². The molecular weight excluding hydrogens is 446 g/mol. The van der Waals surface area contributed by atoms with Crippen LogP contribution in [0.2, 0.25) is 5.02 Å². The summed E-state index contributed by atoms with van der Waals surface area (Å²) in [5.74, 6) is 1.56. The van der Waals surface area contributed by atoms with E-state index in [1.54, 1.807) is 36.9 Å². The number of fused-ring (bicyclic) bond motifs is 1. The van der Waals surface area contributed by atoms with Gasteiger partial charge < -0.3 is 20.3 Å². The molecule has 2 N–H and O–H groups in total. The number of pyridine rings is 1. The lowest BCUT2D eigenvalue weighted by Gasteiger charge is -2.19. The number of halogens is 1. The van der Waals surface area contributed by atoms with Crippen molar-refractivity contribution in [1.29, 1.82) is 0 Å². The first kappa shape index (κ1) is 21.3. The number of carbonyl (C=O) groups is 1. The van der Waals surface area contributed by atoms with Crippen LogP contribution in [-0.4, -0.2) is 68.6 Å². The molecule has 170 valence electrons. The number of amides is 1. The van der Waals surface area contributed by atoms with Crippen LogP contribution in [0.5, 0.6) is 5.88 Å². The zero-order valence-electron chi connectivity index (χ0n) is 17.9. The van der Waals surface area contributed by atoms with Crippen LogP contribution in [0.15, 0.2) is 36.9 Å². The van der Waals surface area contributed by atoms with Crippen LogP contribution in [0.4, 0.5) is 11.8 Å². The van der Waals surface area contributed by atoms with Crippen molar-refractivity contribution >= 4 is 29.3 Å². The summed E-state index contributed by atoms with van der Waals surface area (Å²) in [6.45, 7) is 3.36. The Morgan fingerprint density at radius 2 is 2.03 bits per heavy atom. The van der Waals surface area contributed by atoms with E-state index in [0.29, 0.717) is 46.6 Å². The molecule has 2 aliphatic rings. The molecule has 5 heterocycles. The average molecular weight is 468 g/mol. The van der Waals surface area contributed by atoms with Crippen LogP contribution >= 0.6 is 11.6 Å². The highest BCUT2D eigenvalue weighted by Crippen LogP contribution is 2.29.